The van der Waals surface area contributed by atoms with Gasteiger partial charge in [-0.2, -0.15) is 0 Å². The zero-order valence-electron chi connectivity index (χ0n) is 9.71. The summed E-state index contributed by atoms with van der Waals surface area (Å²) >= 11 is 0. The molecule has 0 aliphatic carbocycles. The molecule has 0 aromatic heterocycles. The van der Waals surface area contributed by atoms with Gasteiger partial charge in [-0.1, -0.05) is 25.1 Å². The van der Waals surface area contributed by atoms with Crippen molar-refractivity contribution in [1.82, 2.24) is 5.32 Å². The Bertz CT molecular complexity index is 293. The molecule has 0 atom stereocenters. The molecule has 0 fully saturated rings. The summed E-state index contributed by atoms with van der Waals surface area (Å²) in [7, 11) is 0. The second kappa shape index (κ2) is 8.00. The highest BCUT2D eigenvalue weighted by Crippen LogP contribution is 2.08. The average molecular weight is 208 g/mol. The molecule has 0 amide bonds. The standard InChI is InChI=1S/C9H14N2.C3H6O/c1-2-11-7-8-5-3-4-6-9(8)10;1-3(2)4/h3-6,11H,2,7,10H2,1H3;1-2H3. The van der Waals surface area contributed by atoms with Gasteiger partial charge in [-0.05, 0) is 32.0 Å². The van der Waals surface area contributed by atoms with Gasteiger partial charge in [0.2, 0.25) is 0 Å². The summed E-state index contributed by atoms with van der Waals surface area (Å²) in [5.74, 6) is 0.167. The minimum absolute atomic E-state index is 0.167. The smallest absolute Gasteiger partial charge is 0.126 e. The summed E-state index contributed by atoms with van der Waals surface area (Å²) in [5, 5.41) is 3.23. The molecule has 0 unspecified atom stereocenters. The van der Waals surface area contributed by atoms with Crippen molar-refractivity contribution in [1.29, 1.82) is 0 Å². The predicted molar refractivity (Wildman–Crippen MR) is 64.6 cm³/mol. The zero-order chi connectivity index (χ0) is 11.7. The summed E-state index contributed by atoms with van der Waals surface area (Å²) in [6.45, 7) is 6.98. The van der Waals surface area contributed by atoms with Crippen LogP contribution in [0, 0.1) is 0 Å². The van der Waals surface area contributed by atoms with Gasteiger partial charge in [0.1, 0.15) is 5.78 Å². The number of Topliss-reactive ketones (excluding diaryl/α,β-unsaturated/α-hetero) is 1. The van der Waals surface area contributed by atoms with Crippen molar-refractivity contribution in [3.63, 3.8) is 0 Å². The number of carbonyl (C=O) groups excluding carboxylic acids is 1. The molecule has 15 heavy (non-hydrogen) atoms. The Morgan fingerprint density at radius 2 is 1.87 bits per heavy atom. The van der Waals surface area contributed by atoms with Crippen LogP contribution in [-0.4, -0.2) is 12.3 Å². The fraction of sp³-hybridized carbons (Fsp3) is 0.417. The van der Waals surface area contributed by atoms with Gasteiger partial charge in [0.25, 0.3) is 0 Å². The largest absolute Gasteiger partial charge is 0.398 e. The Hall–Kier alpha value is -1.35. The van der Waals surface area contributed by atoms with Crippen LogP contribution in [0.15, 0.2) is 24.3 Å². The molecule has 1 aromatic carbocycles. The van der Waals surface area contributed by atoms with Gasteiger partial charge in [-0.3, -0.25) is 0 Å². The van der Waals surface area contributed by atoms with Gasteiger partial charge in [0.05, 0.1) is 0 Å². The van der Waals surface area contributed by atoms with Crippen molar-refractivity contribution < 1.29 is 4.79 Å². The molecule has 0 heterocycles. The summed E-state index contributed by atoms with van der Waals surface area (Å²) < 4.78 is 0. The van der Waals surface area contributed by atoms with Crippen LogP contribution in [-0.2, 0) is 11.3 Å². The molecule has 84 valence electrons. The number of nitrogens with one attached hydrogen (secondary N) is 1. The highest BCUT2D eigenvalue weighted by atomic mass is 16.1. The van der Waals surface area contributed by atoms with Crippen molar-refractivity contribution in [2.45, 2.75) is 27.3 Å². The molecule has 1 rings (SSSR count). The van der Waals surface area contributed by atoms with E-state index in [0.29, 0.717) is 0 Å². The zero-order valence-corrected chi connectivity index (χ0v) is 9.71. The fourth-order valence-corrected chi connectivity index (χ4v) is 0.955. The van der Waals surface area contributed by atoms with E-state index in [9.17, 15) is 4.79 Å². The second-order valence-electron chi connectivity index (χ2n) is 3.39. The lowest BCUT2D eigenvalue weighted by atomic mass is 10.2. The van der Waals surface area contributed by atoms with E-state index >= 15 is 0 Å². The Morgan fingerprint density at radius 3 is 2.33 bits per heavy atom. The van der Waals surface area contributed by atoms with Gasteiger partial charge < -0.3 is 15.8 Å². The van der Waals surface area contributed by atoms with Gasteiger partial charge >= 0.3 is 0 Å². The number of nitrogens with two attached hydrogens (primary N) is 1. The van der Waals surface area contributed by atoms with E-state index in [-0.39, 0.29) is 5.78 Å². The quantitative estimate of drug-likeness (QED) is 0.747. The lowest BCUT2D eigenvalue weighted by molar-refractivity contribution is -0.114. The molecule has 3 N–H and O–H groups in total. The summed E-state index contributed by atoms with van der Waals surface area (Å²) in [6, 6.07) is 7.92. The van der Waals surface area contributed by atoms with Crippen LogP contribution in [0.25, 0.3) is 0 Å². The Labute approximate surface area is 91.7 Å². The molecular formula is C12H20N2O. The molecule has 3 heteroatoms. The van der Waals surface area contributed by atoms with E-state index in [4.69, 9.17) is 5.73 Å². The van der Waals surface area contributed by atoms with Crippen LogP contribution in [0.1, 0.15) is 26.3 Å². The Morgan fingerprint density at radius 1 is 1.33 bits per heavy atom. The predicted octanol–water partition coefficient (Wildman–Crippen LogP) is 1.97. The van der Waals surface area contributed by atoms with E-state index < -0.39 is 0 Å². The van der Waals surface area contributed by atoms with Crippen LogP contribution in [0.2, 0.25) is 0 Å². The number of para-hydroxylation sites is 1. The van der Waals surface area contributed by atoms with Crippen molar-refractivity contribution in [2.75, 3.05) is 12.3 Å². The van der Waals surface area contributed by atoms with E-state index in [1.165, 1.54) is 19.4 Å². The normalized spacial score (nSPS) is 9.00. The third kappa shape index (κ3) is 7.70. The van der Waals surface area contributed by atoms with Crippen LogP contribution >= 0.6 is 0 Å². The maximum Gasteiger partial charge on any atom is 0.126 e. The lowest BCUT2D eigenvalue weighted by Crippen LogP contribution is -2.12. The first-order valence-electron chi connectivity index (χ1n) is 5.09. The molecule has 0 radical (unpaired) electrons. The average Bonchev–Trinajstić information content (AvgIpc) is 2.16. The van der Waals surface area contributed by atoms with Crippen LogP contribution in [0.3, 0.4) is 0 Å². The van der Waals surface area contributed by atoms with E-state index in [0.717, 1.165) is 18.8 Å². The van der Waals surface area contributed by atoms with Crippen LogP contribution in [0.5, 0.6) is 0 Å². The number of benzene rings is 1. The minimum Gasteiger partial charge on any atom is -0.398 e. The van der Waals surface area contributed by atoms with E-state index in [2.05, 4.69) is 12.2 Å². The minimum atomic E-state index is 0.167. The van der Waals surface area contributed by atoms with E-state index in [1.54, 1.807) is 0 Å². The lowest BCUT2D eigenvalue weighted by Gasteiger charge is -2.04. The molecule has 0 bridgehead atoms. The third-order valence-corrected chi connectivity index (χ3v) is 1.62. The Kier molecular flexibility index (Phi) is 7.28. The summed E-state index contributed by atoms with van der Waals surface area (Å²) in [4.78, 5) is 9.44. The van der Waals surface area contributed by atoms with Gasteiger partial charge in [-0.15, -0.1) is 0 Å². The second-order valence-corrected chi connectivity index (χ2v) is 3.39. The number of nitrogen functional groups attached to an aromatic ring is 1. The molecule has 0 spiro atoms. The van der Waals surface area contributed by atoms with Gasteiger partial charge in [-0.25, -0.2) is 0 Å². The molecule has 0 aliphatic heterocycles. The number of ketones is 1. The van der Waals surface area contributed by atoms with Crippen LogP contribution < -0.4 is 11.1 Å². The van der Waals surface area contributed by atoms with Crippen LogP contribution in [0.4, 0.5) is 5.69 Å². The third-order valence-electron chi connectivity index (χ3n) is 1.62. The van der Waals surface area contributed by atoms with Crippen molar-refractivity contribution in [3.05, 3.63) is 29.8 Å². The number of anilines is 1. The molecule has 0 aliphatic rings. The van der Waals surface area contributed by atoms with Crippen molar-refractivity contribution in [2.24, 2.45) is 0 Å². The first kappa shape index (κ1) is 13.7. The number of hydrogen-bond acceptors (Lipinski definition) is 3. The fourth-order valence-electron chi connectivity index (χ4n) is 0.955. The van der Waals surface area contributed by atoms with Gasteiger partial charge in [0.15, 0.2) is 0 Å². The molecule has 1 aromatic rings. The number of carbonyl (C=O) groups is 1. The summed E-state index contributed by atoms with van der Waals surface area (Å²) in [5.41, 5.74) is 7.77. The maximum atomic E-state index is 9.44. The molecule has 3 nitrogen and oxygen atoms in total. The van der Waals surface area contributed by atoms with Crippen molar-refractivity contribution >= 4 is 11.5 Å². The monoisotopic (exact) mass is 208 g/mol. The van der Waals surface area contributed by atoms with Gasteiger partial charge in [0, 0.05) is 12.2 Å². The first-order valence-corrected chi connectivity index (χ1v) is 5.09. The Balaban J connectivity index is 0.000000423. The topological polar surface area (TPSA) is 55.1 Å². The highest BCUT2D eigenvalue weighted by molar-refractivity contribution is 5.72. The number of hydrogen-bond donors (Lipinski definition) is 2. The highest BCUT2D eigenvalue weighted by Gasteiger charge is 1.93. The SMILES string of the molecule is CC(C)=O.CCNCc1ccccc1N. The van der Waals surface area contributed by atoms with Crippen molar-refractivity contribution in [3.8, 4) is 0 Å². The molecule has 0 saturated carbocycles. The summed E-state index contributed by atoms with van der Waals surface area (Å²) in [6.07, 6.45) is 0. The number of rotatable bonds is 3. The first-order chi connectivity index (χ1) is 7.07. The molecule has 0 saturated heterocycles. The molecular weight excluding hydrogens is 188 g/mol. The van der Waals surface area contributed by atoms with E-state index in [1.807, 2.05) is 24.3 Å². The maximum absolute atomic E-state index is 9.44.